The van der Waals surface area contributed by atoms with Gasteiger partial charge in [-0.15, -0.1) is 0 Å². The zero-order chi connectivity index (χ0) is 20.4. The maximum absolute atomic E-state index is 13.2. The number of pyridine rings is 1. The molecule has 2 heterocycles. The van der Waals surface area contributed by atoms with Gasteiger partial charge in [-0.1, -0.05) is 6.07 Å². The lowest BCUT2D eigenvalue weighted by Gasteiger charge is -2.23. The zero-order valence-electron chi connectivity index (χ0n) is 16.1. The van der Waals surface area contributed by atoms with E-state index in [0.717, 1.165) is 18.5 Å². The fourth-order valence-electron chi connectivity index (χ4n) is 3.78. The number of methoxy groups -OCH3 is 1. The van der Waals surface area contributed by atoms with Gasteiger partial charge in [-0.3, -0.25) is 9.59 Å². The molecule has 0 saturated heterocycles. The van der Waals surface area contributed by atoms with Crippen molar-refractivity contribution in [1.29, 1.82) is 0 Å². The van der Waals surface area contributed by atoms with E-state index in [1.807, 2.05) is 0 Å². The third kappa shape index (κ3) is 3.63. The van der Waals surface area contributed by atoms with Crippen molar-refractivity contribution in [2.45, 2.75) is 32.2 Å². The number of anilines is 1. The molecular formula is C22H22N2O5. The predicted molar refractivity (Wildman–Crippen MR) is 108 cm³/mol. The number of nitrogens with one attached hydrogen (secondary N) is 1. The quantitative estimate of drug-likeness (QED) is 0.692. The number of aromatic hydroxyl groups is 1. The Morgan fingerprint density at radius 1 is 1.24 bits per heavy atom. The number of carbonyl (C=O) groups excluding carboxylic acids is 1. The Hall–Kier alpha value is -3.48. The standard InChI is InChI=1S/C22H22N2O5/c1-28-15-7-4-6-14(12-15)23-21(26)19-20(25)17-9-2-3-10-18(17)24(22(19)27)13-16-8-5-11-29-16/h4-8,11-12,25H,2-3,9-10,13H2,1H3,(H,23,26). The number of fused-ring (bicyclic) bond motifs is 1. The number of carbonyl (C=O) groups is 1. The molecule has 0 atom stereocenters. The number of furan rings is 1. The van der Waals surface area contributed by atoms with Gasteiger partial charge in [0, 0.05) is 23.0 Å². The molecule has 4 rings (SSSR count). The first-order valence-corrected chi connectivity index (χ1v) is 9.53. The second-order valence-electron chi connectivity index (χ2n) is 7.01. The van der Waals surface area contributed by atoms with Crippen LogP contribution in [0.15, 0.2) is 51.9 Å². The second kappa shape index (κ2) is 7.87. The molecule has 0 unspecified atom stereocenters. The van der Waals surface area contributed by atoms with E-state index in [9.17, 15) is 14.7 Å². The number of hydrogen-bond acceptors (Lipinski definition) is 5. The van der Waals surface area contributed by atoms with Crippen molar-refractivity contribution in [3.63, 3.8) is 0 Å². The highest BCUT2D eigenvalue weighted by molar-refractivity contribution is 6.06. The highest BCUT2D eigenvalue weighted by Crippen LogP contribution is 2.31. The Kier molecular flexibility index (Phi) is 5.12. The molecule has 1 aromatic carbocycles. The van der Waals surface area contributed by atoms with Crippen molar-refractivity contribution in [3.05, 3.63) is 75.6 Å². The summed E-state index contributed by atoms with van der Waals surface area (Å²) in [6, 6.07) is 10.4. The first kappa shape index (κ1) is 18.9. The van der Waals surface area contributed by atoms with Crippen LogP contribution < -0.4 is 15.6 Å². The minimum absolute atomic E-state index is 0.216. The molecule has 29 heavy (non-hydrogen) atoms. The summed E-state index contributed by atoms with van der Waals surface area (Å²) in [4.78, 5) is 26.2. The van der Waals surface area contributed by atoms with Crippen LogP contribution in [0, 0.1) is 0 Å². The average molecular weight is 394 g/mol. The zero-order valence-corrected chi connectivity index (χ0v) is 16.1. The molecule has 2 aromatic heterocycles. The average Bonchev–Trinajstić information content (AvgIpc) is 3.24. The third-order valence-electron chi connectivity index (χ3n) is 5.19. The second-order valence-corrected chi connectivity index (χ2v) is 7.01. The van der Waals surface area contributed by atoms with Crippen LogP contribution in [0.4, 0.5) is 5.69 Å². The van der Waals surface area contributed by atoms with Crippen LogP contribution in [0.5, 0.6) is 11.5 Å². The molecule has 0 spiro atoms. The number of hydrogen-bond donors (Lipinski definition) is 2. The molecule has 1 amide bonds. The Labute approximate surface area is 167 Å². The third-order valence-corrected chi connectivity index (χ3v) is 5.19. The molecule has 1 aliphatic carbocycles. The van der Waals surface area contributed by atoms with Crippen molar-refractivity contribution < 1.29 is 19.1 Å². The fraction of sp³-hybridized carbons (Fsp3) is 0.273. The smallest absolute Gasteiger partial charge is 0.267 e. The highest BCUT2D eigenvalue weighted by atomic mass is 16.5. The first-order valence-electron chi connectivity index (χ1n) is 9.53. The fourth-order valence-corrected chi connectivity index (χ4v) is 3.78. The van der Waals surface area contributed by atoms with Gasteiger partial charge < -0.3 is 24.1 Å². The van der Waals surface area contributed by atoms with E-state index in [2.05, 4.69) is 5.32 Å². The lowest BCUT2D eigenvalue weighted by Crippen LogP contribution is -2.34. The van der Waals surface area contributed by atoms with E-state index in [4.69, 9.17) is 9.15 Å². The van der Waals surface area contributed by atoms with Gasteiger partial charge in [-0.05, 0) is 49.9 Å². The van der Waals surface area contributed by atoms with Crippen molar-refractivity contribution in [2.75, 3.05) is 12.4 Å². The highest BCUT2D eigenvalue weighted by Gasteiger charge is 2.27. The van der Waals surface area contributed by atoms with E-state index in [0.29, 0.717) is 35.6 Å². The number of ether oxygens (including phenoxy) is 1. The molecule has 0 fully saturated rings. The van der Waals surface area contributed by atoms with Crippen LogP contribution in [-0.2, 0) is 19.4 Å². The Morgan fingerprint density at radius 3 is 2.83 bits per heavy atom. The first-order chi connectivity index (χ1) is 14.1. The summed E-state index contributed by atoms with van der Waals surface area (Å²) in [5, 5.41) is 13.5. The van der Waals surface area contributed by atoms with Crippen LogP contribution in [0.25, 0.3) is 0 Å². The van der Waals surface area contributed by atoms with Crippen molar-refractivity contribution in [3.8, 4) is 11.5 Å². The Bertz CT molecular complexity index is 1100. The van der Waals surface area contributed by atoms with Crippen molar-refractivity contribution in [2.24, 2.45) is 0 Å². The largest absolute Gasteiger partial charge is 0.507 e. The van der Waals surface area contributed by atoms with Crippen LogP contribution in [0.3, 0.4) is 0 Å². The SMILES string of the molecule is COc1cccc(NC(=O)c2c(O)c3c(n(Cc4ccco4)c2=O)CCCC3)c1. The Balaban J connectivity index is 1.78. The van der Waals surface area contributed by atoms with Gasteiger partial charge in [-0.2, -0.15) is 0 Å². The van der Waals surface area contributed by atoms with Crippen LogP contribution >= 0.6 is 0 Å². The topological polar surface area (TPSA) is 93.7 Å². The molecule has 0 bridgehead atoms. The molecular weight excluding hydrogens is 372 g/mol. The summed E-state index contributed by atoms with van der Waals surface area (Å²) in [6.45, 7) is 0.216. The van der Waals surface area contributed by atoms with E-state index >= 15 is 0 Å². The Morgan fingerprint density at radius 2 is 2.07 bits per heavy atom. The monoisotopic (exact) mass is 394 g/mol. The molecule has 150 valence electrons. The lowest BCUT2D eigenvalue weighted by molar-refractivity contribution is 0.102. The summed E-state index contributed by atoms with van der Waals surface area (Å²) in [5.74, 6) is 0.320. The number of benzene rings is 1. The van der Waals surface area contributed by atoms with Gasteiger partial charge >= 0.3 is 0 Å². The number of amides is 1. The molecule has 0 aliphatic heterocycles. The normalized spacial score (nSPS) is 13.0. The molecule has 3 aromatic rings. The van der Waals surface area contributed by atoms with E-state index in [1.54, 1.807) is 47.2 Å². The van der Waals surface area contributed by atoms with Gasteiger partial charge in [0.15, 0.2) is 0 Å². The summed E-state index contributed by atoms with van der Waals surface area (Å²) >= 11 is 0. The van der Waals surface area contributed by atoms with E-state index < -0.39 is 11.5 Å². The summed E-state index contributed by atoms with van der Waals surface area (Å²) in [6.07, 6.45) is 4.68. The van der Waals surface area contributed by atoms with Gasteiger partial charge in [-0.25, -0.2) is 0 Å². The molecule has 0 saturated carbocycles. The molecule has 1 aliphatic rings. The van der Waals surface area contributed by atoms with E-state index in [1.165, 1.54) is 7.11 Å². The maximum atomic E-state index is 13.2. The molecule has 0 radical (unpaired) electrons. The number of rotatable bonds is 5. The minimum atomic E-state index is -0.651. The van der Waals surface area contributed by atoms with Crippen LogP contribution in [0.1, 0.15) is 40.2 Å². The summed E-state index contributed by atoms with van der Waals surface area (Å²) in [7, 11) is 1.53. The summed E-state index contributed by atoms with van der Waals surface area (Å²) in [5.41, 5.74) is 1.13. The molecule has 7 heteroatoms. The van der Waals surface area contributed by atoms with Gasteiger partial charge in [0.25, 0.3) is 11.5 Å². The van der Waals surface area contributed by atoms with Crippen LogP contribution in [-0.4, -0.2) is 22.7 Å². The maximum Gasteiger partial charge on any atom is 0.267 e. The van der Waals surface area contributed by atoms with Crippen molar-refractivity contribution >= 4 is 11.6 Å². The molecule has 7 nitrogen and oxygen atoms in total. The lowest BCUT2D eigenvalue weighted by atomic mass is 9.93. The number of nitrogens with zero attached hydrogens (tertiary/aromatic N) is 1. The minimum Gasteiger partial charge on any atom is -0.507 e. The van der Waals surface area contributed by atoms with Gasteiger partial charge in [0.1, 0.15) is 22.8 Å². The molecule has 2 N–H and O–H groups in total. The van der Waals surface area contributed by atoms with Crippen LogP contribution in [0.2, 0.25) is 0 Å². The summed E-state index contributed by atoms with van der Waals surface area (Å²) < 4.78 is 12.1. The predicted octanol–water partition coefficient (Wildman–Crippen LogP) is 3.33. The van der Waals surface area contributed by atoms with E-state index in [-0.39, 0.29) is 17.9 Å². The van der Waals surface area contributed by atoms with Gasteiger partial charge in [0.2, 0.25) is 0 Å². The van der Waals surface area contributed by atoms with Gasteiger partial charge in [0.05, 0.1) is 19.9 Å². The van der Waals surface area contributed by atoms with Crippen molar-refractivity contribution in [1.82, 2.24) is 4.57 Å². The number of aromatic nitrogens is 1.